The summed E-state index contributed by atoms with van der Waals surface area (Å²) in [5, 5.41) is 12.4. The van der Waals surface area contributed by atoms with Gasteiger partial charge in [0.15, 0.2) is 11.5 Å². The molecule has 2 aliphatic rings. The van der Waals surface area contributed by atoms with E-state index in [1.54, 1.807) is 24.4 Å². The first kappa shape index (κ1) is 21.1. The predicted octanol–water partition coefficient (Wildman–Crippen LogP) is 1.66. The molecule has 1 atom stereocenters. The Labute approximate surface area is 180 Å². The molecule has 4 rings (SSSR count). The number of piperazine rings is 1. The van der Waals surface area contributed by atoms with Crippen LogP contribution in [0.4, 0.5) is 5.69 Å². The summed E-state index contributed by atoms with van der Waals surface area (Å²) in [7, 11) is 0. The molecular formula is C22H26N4O5. The van der Waals surface area contributed by atoms with Gasteiger partial charge in [0.25, 0.3) is 0 Å². The molecule has 3 heterocycles. The second-order valence-corrected chi connectivity index (χ2v) is 7.79. The van der Waals surface area contributed by atoms with Gasteiger partial charge in [-0.1, -0.05) is 6.07 Å². The van der Waals surface area contributed by atoms with Crippen molar-refractivity contribution in [3.05, 3.63) is 48.3 Å². The highest BCUT2D eigenvalue weighted by molar-refractivity contribution is 5.93. The molecule has 1 fully saturated rings. The third-order valence-electron chi connectivity index (χ3n) is 5.51. The number of aromatic nitrogens is 1. The van der Waals surface area contributed by atoms with Crippen LogP contribution in [-0.2, 0) is 16.1 Å². The molecule has 31 heavy (non-hydrogen) atoms. The highest BCUT2D eigenvalue weighted by Gasteiger charge is 2.26. The lowest BCUT2D eigenvalue weighted by atomic mass is 10.0. The summed E-state index contributed by atoms with van der Waals surface area (Å²) < 4.78 is 10.6. The average molecular weight is 426 g/mol. The first-order valence-electron chi connectivity index (χ1n) is 10.3. The van der Waals surface area contributed by atoms with Gasteiger partial charge in [0.2, 0.25) is 12.7 Å². The normalized spacial score (nSPS) is 17.3. The topological polar surface area (TPSA) is 104 Å². The van der Waals surface area contributed by atoms with E-state index < -0.39 is 11.9 Å². The number of hydrogen-bond donors (Lipinski definition) is 2. The quantitative estimate of drug-likeness (QED) is 0.657. The summed E-state index contributed by atoms with van der Waals surface area (Å²) in [4.78, 5) is 32.8. The molecule has 9 nitrogen and oxygen atoms in total. The van der Waals surface area contributed by atoms with Crippen LogP contribution < -0.4 is 14.8 Å². The van der Waals surface area contributed by atoms with Crippen molar-refractivity contribution in [2.75, 3.05) is 44.8 Å². The van der Waals surface area contributed by atoms with E-state index in [0.717, 1.165) is 32.7 Å². The Morgan fingerprint density at radius 1 is 1.10 bits per heavy atom. The van der Waals surface area contributed by atoms with Gasteiger partial charge >= 0.3 is 5.97 Å². The molecule has 164 valence electrons. The molecule has 1 saturated heterocycles. The molecule has 0 radical (unpaired) electrons. The van der Waals surface area contributed by atoms with Crippen LogP contribution in [0, 0.1) is 5.92 Å². The van der Waals surface area contributed by atoms with E-state index in [-0.39, 0.29) is 19.1 Å². The van der Waals surface area contributed by atoms with Gasteiger partial charge in [-0.25, -0.2) is 0 Å². The minimum absolute atomic E-state index is 0.0837. The number of hydrogen-bond acceptors (Lipinski definition) is 7. The van der Waals surface area contributed by atoms with Gasteiger partial charge in [-0.05, 0) is 23.8 Å². The van der Waals surface area contributed by atoms with Crippen molar-refractivity contribution in [2.24, 2.45) is 5.92 Å². The molecule has 0 saturated carbocycles. The zero-order valence-electron chi connectivity index (χ0n) is 17.2. The van der Waals surface area contributed by atoms with Gasteiger partial charge in [-0.2, -0.15) is 0 Å². The Bertz CT molecular complexity index is 915. The average Bonchev–Trinajstić information content (AvgIpc) is 3.23. The van der Waals surface area contributed by atoms with E-state index in [2.05, 4.69) is 26.2 Å². The number of carboxylic acids is 1. The van der Waals surface area contributed by atoms with Crippen LogP contribution in [0.25, 0.3) is 0 Å². The first-order valence-corrected chi connectivity index (χ1v) is 10.3. The fourth-order valence-electron chi connectivity index (χ4n) is 3.83. The number of benzene rings is 1. The van der Waals surface area contributed by atoms with Gasteiger partial charge in [0.1, 0.15) is 0 Å². The Balaban J connectivity index is 1.25. The molecule has 1 aromatic carbocycles. The molecule has 1 amide bonds. The number of pyridine rings is 1. The number of rotatable bonds is 8. The van der Waals surface area contributed by atoms with Crippen molar-refractivity contribution < 1.29 is 24.2 Å². The first-order chi connectivity index (χ1) is 15.1. The number of anilines is 1. The summed E-state index contributed by atoms with van der Waals surface area (Å²) in [6.45, 7) is 4.59. The van der Waals surface area contributed by atoms with Gasteiger partial charge < -0.3 is 19.9 Å². The molecule has 2 aromatic rings. The third kappa shape index (κ3) is 5.71. The maximum atomic E-state index is 12.4. The largest absolute Gasteiger partial charge is 0.481 e. The summed E-state index contributed by atoms with van der Waals surface area (Å²) in [6, 6.07) is 9.09. The number of carbonyl (C=O) groups is 2. The number of aliphatic carboxylic acids is 1. The second-order valence-electron chi connectivity index (χ2n) is 7.79. The molecule has 0 unspecified atom stereocenters. The molecule has 0 aliphatic carbocycles. The van der Waals surface area contributed by atoms with Crippen LogP contribution in [0.5, 0.6) is 11.5 Å². The van der Waals surface area contributed by atoms with Crippen molar-refractivity contribution in [3.8, 4) is 11.5 Å². The van der Waals surface area contributed by atoms with Crippen LogP contribution in [-0.4, -0.2) is 71.3 Å². The minimum Gasteiger partial charge on any atom is -0.481 e. The Kier molecular flexibility index (Phi) is 6.63. The van der Waals surface area contributed by atoms with E-state index in [1.165, 1.54) is 5.56 Å². The standard InChI is InChI=1S/C22H26N4O5/c27-21(24-18-3-4-19-20(11-18)31-15-30-19)10-17(22(28)29)14-26-8-6-25(7-9-26)13-16-2-1-5-23-12-16/h1-5,11-12,17H,6-10,13-15H2,(H,24,27)(H,28,29)/t17-/m0/s1. The highest BCUT2D eigenvalue weighted by atomic mass is 16.7. The van der Waals surface area contributed by atoms with Gasteiger partial charge in [0.05, 0.1) is 5.92 Å². The predicted molar refractivity (Wildman–Crippen MR) is 113 cm³/mol. The van der Waals surface area contributed by atoms with E-state index in [9.17, 15) is 14.7 Å². The van der Waals surface area contributed by atoms with Crippen LogP contribution in [0.3, 0.4) is 0 Å². The highest BCUT2D eigenvalue weighted by Crippen LogP contribution is 2.34. The lowest BCUT2D eigenvalue weighted by Gasteiger charge is -2.35. The van der Waals surface area contributed by atoms with Crippen LogP contribution in [0.15, 0.2) is 42.7 Å². The summed E-state index contributed by atoms with van der Waals surface area (Å²) >= 11 is 0. The summed E-state index contributed by atoms with van der Waals surface area (Å²) in [5.74, 6) is -0.861. The number of ether oxygens (including phenoxy) is 2. The summed E-state index contributed by atoms with van der Waals surface area (Å²) in [6.07, 6.45) is 3.54. The smallest absolute Gasteiger partial charge is 0.308 e. The van der Waals surface area contributed by atoms with Crippen molar-refractivity contribution in [2.45, 2.75) is 13.0 Å². The van der Waals surface area contributed by atoms with Gasteiger partial charge in [-0.3, -0.25) is 24.4 Å². The lowest BCUT2D eigenvalue weighted by Crippen LogP contribution is -2.48. The number of carboxylic acid groups (broad SMARTS) is 1. The van der Waals surface area contributed by atoms with Crippen molar-refractivity contribution in [1.82, 2.24) is 14.8 Å². The molecule has 9 heteroatoms. The Morgan fingerprint density at radius 2 is 1.87 bits per heavy atom. The lowest BCUT2D eigenvalue weighted by molar-refractivity contribution is -0.144. The maximum absolute atomic E-state index is 12.4. The monoisotopic (exact) mass is 426 g/mol. The number of carbonyl (C=O) groups excluding carboxylic acids is 1. The van der Waals surface area contributed by atoms with Gasteiger partial charge in [0, 0.05) is 69.8 Å². The molecule has 2 aliphatic heterocycles. The Hall–Kier alpha value is -3.17. The third-order valence-corrected chi connectivity index (χ3v) is 5.51. The van der Waals surface area contributed by atoms with Crippen molar-refractivity contribution in [1.29, 1.82) is 0 Å². The van der Waals surface area contributed by atoms with Crippen LogP contribution >= 0.6 is 0 Å². The van der Waals surface area contributed by atoms with E-state index in [0.29, 0.717) is 23.7 Å². The van der Waals surface area contributed by atoms with Crippen molar-refractivity contribution >= 4 is 17.6 Å². The number of fused-ring (bicyclic) bond motifs is 1. The molecular weight excluding hydrogens is 400 g/mol. The molecule has 2 N–H and O–H groups in total. The number of nitrogens with zero attached hydrogens (tertiary/aromatic N) is 3. The molecule has 1 aromatic heterocycles. The zero-order valence-corrected chi connectivity index (χ0v) is 17.2. The fourth-order valence-corrected chi connectivity index (χ4v) is 3.83. The second kappa shape index (κ2) is 9.76. The SMILES string of the molecule is O=C(C[C@@H](CN1CCN(Cc2cccnc2)CC1)C(=O)O)Nc1ccc2c(c1)OCO2. The zero-order chi connectivity index (χ0) is 21.6. The summed E-state index contributed by atoms with van der Waals surface area (Å²) in [5.41, 5.74) is 1.72. The van der Waals surface area contributed by atoms with E-state index >= 15 is 0 Å². The van der Waals surface area contributed by atoms with Crippen LogP contribution in [0.2, 0.25) is 0 Å². The Morgan fingerprint density at radius 3 is 2.61 bits per heavy atom. The molecule has 0 bridgehead atoms. The number of amides is 1. The fraction of sp³-hybridized carbons (Fsp3) is 0.409. The van der Waals surface area contributed by atoms with Gasteiger partial charge in [-0.15, -0.1) is 0 Å². The van der Waals surface area contributed by atoms with Crippen LogP contribution in [0.1, 0.15) is 12.0 Å². The van der Waals surface area contributed by atoms with E-state index in [4.69, 9.17) is 9.47 Å². The molecule has 0 spiro atoms. The minimum atomic E-state index is -0.960. The number of nitrogens with one attached hydrogen (secondary N) is 1. The maximum Gasteiger partial charge on any atom is 0.308 e. The van der Waals surface area contributed by atoms with Crippen molar-refractivity contribution in [3.63, 3.8) is 0 Å². The van der Waals surface area contributed by atoms with E-state index in [1.807, 2.05) is 12.3 Å².